The van der Waals surface area contributed by atoms with Gasteiger partial charge in [0.05, 0.1) is 11.5 Å². The molecule has 8 heteroatoms. The van der Waals surface area contributed by atoms with Gasteiger partial charge in [-0.3, -0.25) is 4.79 Å². The molecule has 0 saturated carbocycles. The maximum absolute atomic E-state index is 12.6. The molecule has 1 aliphatic heterocycles. The van der Waals surface area contributed by atoms with E-state index < -0.39 is 10.0 Å². The molecule has 0 radical (unpaired) electrons. The van der Waals surface area contributed by atoms with Gasteiger partial charge in [-0.2, -0.15) is 4.31 Å². The van der Waals surface area contributed by atoms with Crippen LogP contribution in [0.4, 0.5) is 0 Å². The topological polar surface area (TPSA) is 84.9 Å². The summed E-state index contributed by atoms with van der Waals surface area (Å²) in [5.74, 6) is 0.822. The van der Waals surface area contributed by atoms with E-state index in [2.05, 4.69) is 19.2 Å². The number of hydrogen-bond acceptors (Lipinski definition) is 5. The highest BCUT2D eigenvalue weighted by atomic mass is 32.2. The number of benzene rings is 1. The minimum absolute atomic E-state index is 0.121. The minimum Gasteiger partial charge on any atom is -0.484 e. The molecule has 1 fully saturated rings. The van der Waals surface area contributed by atoms with Crippen LogP contribution in [-0.4, -0.2) is 58.1 Å². The maximum Gasteiger partial charge on any atom is 0.258 e. The molecule has 1 aliphatic rings. The SMILES string of the molecule is CC(C)CCOCCNC(=O)COc1ccc(S(=O)(=O)N2CCCCC2)cc1. The van der Waals surface area contributed by atoms with E-state index >= 15 is 0 Å². The summed E-state index contributed by atoms with van der Waals surface area (Å²) in [6.07, 6.45) is 3.88. The summed E-state index contributed by atoms with van der Waals surface area (Å²) in [5, 5.41) is 2.73. The summed E-state index contributed by atoms with van der Waals surface area (Å²) in [5.41, 5.74) is 0. The van der Waals surface area contributed by atoms with Crippen molar-refractivity contribution in [3.63, 3.8) is 0 Å². The second-order valence-electron chi connectivity index (χ2n) is 7.37. The fourth-order valence-electron chi connectivity index (χ4n) is 2.85. The zero-order valence-corrected chi connectivity index (χ0v) is 17.7. The highest BCUT2D eigenvalue weighted by molar-refractivity contribution is 7.89. The van der Waals surface area contributed by atoms with Crippen LogP contribution in [0.5, 0.6) is 5.75 Å². The average molecular weight is 413 g/mol. The molecule has 1 heterocycles. The minimum atomic E-state index is -3.45. The Labute approximate surface area is 168 Å². The van der Waals surface area contributed by atoms with Crippen LogP contribution in [0.2, 0.25) is 0 Å². The normalized spacial score (nSPS) is 15.5. The Kier molecular flexibility index (Phi) is 9.21. The molecule has 0 aliphatic carbocycles. The zero-order chi connectivity index (χ0) is 20.4. The van der Waals surface area contributed by atoms with Crippen molar-refractivity contribution < 1.29 is 22.7 Å². The first-order valence-electron chi connectivity index (χ1n) is 9.97. The lowest BCUT2D eigenvalue weighted by atomic mass is 10.1. The van der Waals surface area contributed by atoms with Crippen molar-refractivity contribution in [3.05, 3.63) is 24.3 Å². The molecule has 0 unspecified atom stereocenters. The van der Waals surface area contributed by atoms with Crippen LogP contribution in [0.15, 0.2) is 29.2 Å². The lowest BCUT2D eigenvalue weighted by Gasteiger charge is -2.25. The number of hydrogen-bond donors (Lipinski definition) is 1. The molecule has 0 bridgehead atoms. The monoisotopic (exact) mass is 412 g/mol. The molecule has 1 saturated heterocycles. The molecule has 1 N–H and O–H groups in total. The molecule has 7 nitrogen and oxygen atoms in total. The quantitative estimate of drug-likeness (QED) is 0.564. The number of piperidine rings is 1. The van der Waals surface area contributed by atoms with Gasteiger partial charge in [-0.25, -0.2) is 8.42 Å². The van der Waals surface area contributed by atoms with Gasteiger partial charge in [-0.1, -0.05) is 20.3 Å². The Bertz CT molecular complexity index is 698. The van der Waals surface area contributed by atoms with Gasteiger partial charge < -0.3 is 14.8 Å². The lowest BCUT2D eigenvalue weighted by molar-refractivity contribution is -0.123. The van der Waals surface area contributed by atoms with Crippen molar-refractivity contribution in [2.75, 3.05) is 39.5 Å². The van der Waals surface area contributed by atoms with E-state index in [-0.39, 0.29) is 17.4 Å². The van der Waals surface area contributed by atoms with Crippen molar-refractivity contribution in [3.8, 4) is 5.75 Å². The summed E-state index contributed by atoms with van der Waals surface area (Å²) in [6, 6.07) is 6.22. The first kappa shape index (κ1) is 22.6. The predicted octanol–water partition coefficient (Wildman–Crippen LogP) is 2.42. The van der Waals surface area contributed by atoms with Crippen LogP contribution in [-0.2, 0) is 19.6 Å². The van der Waals surface area contributed by atoms with Gasteiger partial charge in [0.25, 0.3) is 5.91 Å². The van der Waals surface area contributed by atoms with Gasteiger partial charge in [-0.15, -0.1) is 0 Å². The molecule has 28 heavy (non-hydrogen) atoms. The summed E-state index contributed by atoms with van der Waals surface area (Å²) >= 11 is 0. The van der Waals surface area contributed by atoms with E-state index in [0.717, 1.165) is 25.7 Å². The summed E-state index contributed by atoms with van der Waals surface area (Å²) < 4.78 is 37.6. The second kappa shape index (κ2) is 11.4. The fraction of sp³-hybridized carbons (Fsp3) is 0.650. The Morgan fingerprint density at radius 2 is 1.79 bits per heavy atom. The fourth-order valence-corrected chi connectivity index (χ4v) is 4.36. The van der Waals surface area contributed by atoms with E-state index in [1.807, 2.05) is 0 Å². The van der Waals surface area contributed by atoms with Crippen molar-refractivity contribution in [1.82, 2.24) is 9.62 Å². The first-order valence-corrected chi connectivity index (χ1v) is 11.4. The van der Waals surface area contributed by atoms with E-state index in [0.29, 0.717) is 44.5 Å². The van der Waals surface area contributed by atoms with Gasteiger partial charge >= 0.3 is 0 Å². The van der Waals surface area contributed by atoms with E-state index in [9.17, 15) is 13.2 Å². The molecule has 1 amide bonds. The third-order valence-corrected chi connectivity index (χ3v) is 6.47. The number of nitrogens with zero attached hydrogens (tertiary/aromatic N) is 1. The Balaban J connectivity index is 1.71. The molecule has 0 aromatic heterocycles. The number of carbonyl (C=O) groups is 1. The highest BCUT2D eigenvalue weighted by Crippen LogP contribution is 2.22. The lowest BCUT2D eigenvalue weighted by Crippen LogP contribution is -2.35. The summed E-state index contributed by atoms with van der Waals surface area (Å²) in [4.78, 5) is 12.1. The number of nitrogens with one attached hydrogen (secondary N) is 1. The van der Waals surface area contributed by atoms with Crippen LogP contribution in [0.3, 0.4) is 0 Å². The smallest absolute Gasteiger partial charge is 0.258 e. The van der Waals surface area contributed by atoms with Crippen molar-refractivity contribution in [1.29, 1.82) is 0 Å². The Hall–Kier alpha value is -1.64. The van der Waals surface area contributed by atoms with E-state index in [1.165, 1.54) is 16.4 Å². The molecule has 158 valence electrons. The molecule has 2 rings (SSSR count). The Morgan fingerprint density at radius 1 is 1.11 bits per heavy atom. The molecular formula is C20H32N2O5S. The third-order valence-electron chi connectivity index (χ3n) is 4.55. The first-order chi connectivity index (χ1) is 13.4. The molecular weight excluding hydrogens is 380 g/mol. The molecule has 1 aromatic rings. The summed E-state index contributed by atoms with van der Waals surface area (Å²) in [7, 11) is -3.45. The van der Waals surface area contributed by atoms with Crippen LogP contribution >= 0.6 is 0 Å². The van der Waals surface area contributed by atoms with Gasteiger partial charge in [0.2, 0.25) is 10.0 Å². The average Bonchev–Trinajstić information content (AvgIpc) is 2.70. The van der Waals surface area contributed by atoms with E-state index in [1.54, 1.807) is 12.1 Å². The Morgan fingerprint density at radius 3 is 2.43 bits per heavy atom. The molecule has 1 aromatic carbocycles. The van der Waals surface area contributed by atoms with Gasteiger partial charge in [0.15, 0.2) is 6.61 Å². The van der Waals surface area contributed by atoms with Gasteiger partial charge in [0.1, 0.15) is 5.75 Å². The summed E-state index contributed by atoms with van der Waals surface area (Å²) in [6.45, 7) is 6.90. The molecule has 0 atom stereocenters. The van der Waals surface area contributed by atoms with Crippen LogP contribution < -0.4 is 10.1 Å². The number of sulfonamides is 1. The van der Waals surface area contributed by atoms with Crippen LogP contribution in [0.1, 0.15) is 39.5 Å². The number of carbonyl (C=O) groups excluding carboxylic acids is 1. The van der Waals surface area contributed by atoms with Crippen molar-refractivity contribution >= 4 is 15.9 Å². The van der Waals surface area contributed by atoms with Gasteiger partial charge in [-0.05, 0) is 49.4 Å². The molecule has 0 spiro atoms. The maximum atomic E-state index is 12.6. The second-order valence-corrected chi connectivity index (χ2v) is 9.31. The number of rotatable bonds is 11. The third kappa shape index (κ3) is 7.41. The van der Waals surface area contributed by atoms with Crippen LogP contribution in [0, 0.1) is 5.92 Å². The zero-order valence-electron chi connectivity index (χ0n) is 16.9. The van der Waals surface area contributed by atoms with Gasteiger partial charge in [0, 0.05) is 26.2 Å². The highest BCUT2D eigenvalue weighted by Gasteiger charge is 2.25. The largest absolute Gasteiger partial charge is 0.484 e. The number of ether oxygens (including phenoxy) is 2. The number of amides is 1. The van der Waals surface area contributed by atoms with Crippen LogP contribution in [0.25, 0.3) is 0 Å². The van der Waals surface area contributed by atoms with Crippen molar-refractivity contribution in [2.45, 2.75) is 44.4 Å². The van der Waals surface area contributed by atoms with Crippen molar-refractivity contribution in [2.24, 2.45) is 5.92 Å². The van der Waals surface area contributed by atoms with E-state index in [4.69, 9.17) is 9.47 Å². The predicted molar refractivity (Wildman–Crippen MR) is 108 cm³/mol. The standard InChI is InChI=1S/C20H32N2O5S/c1-17(2)10-14-26-15-11-21-20(23)16-27-18-6-8-19(9-7-18)28(24,25)22-12-4-3-5-13-22/h6-9,17H,3-5,10-16H2,1-2H3,(H,21,23).